The van der Waals surface area contributed by atoms with Gasteiger partial charge >= 0.3 is 11.9 Å². The average Bonchev–Trinajstić information content (AvgIpc) is 3.12. The quantitative estimate of drug-likeness (QED) is 0.627. The molecule has 0 spiro atoms. The lowest BCUT2D eigenvalue weighted by atomic mass is 10.2. The molecular weight excluding hydrogens is 370 g/mol. The summed E-state index contributed by atoms with van der Waals surface area (Å²) in [5.74, 6) is -0.671. The molecule has 0 unspecified atom stereocenters. The molecule has 0 aromatic heterocycles. The van der Waals surface area contributed by atoms with Crippen molar-refractivity contribution in [1.82, 2.24) is 4.90 Å². The molecule has 0 aliphatic carbocycles. The van der Waals surface area contributed by atoms with Crippen LogP contribution in [-0.2, 0) is 23.8 Å². The van der Waals surface area contributed by atoms with Crippen LogP contribution in [0.1, 0.15) is 23.7 Å². The van der Waals surface area contributed by atoms with E-state index in [1.165, 1.54) is 12.1 Å². The van der Waals surface area contributed by atoms with E-state index in [1.807, 2.05) is 0 Å². The predicted molar refractivity (Wildman–Crippen MR) is 95.3 cm³/mol. The average molecular weight is 393 g/mol. The van der Waals surface area contributed by atoms with Crippen molar-refractivity contribution in [2.75, 3.05) is 46.1 Å². The Hall–Kier alpha value is -2.81. The maximum atomic E-state index is 12.3. The van der Waals surface area contributed by atoms with Crippen molar-refractivity contribution in [3.8, 4) is 11.5 Å². The van der Waals surface area contributed by atoms with Gasteiger partial charge in [0.1, 0.15) is 0 Å². The number of hydrogen-bond acceptors (Lipinski definition) is 8. The van der Waals surface area contributed by atoms with E-state index in [2.05, 4.69) is 0 Å². The van der Waals surface area contributed by atoms with Crippen molar-refractivity contribution in [2.24, 2.45) is 0 Å². The smallest absolute Gasteiger partial charge is 0.347 e. The molecule has 1 aromatic rings. The summed E-state index contributed by atoms with van der Waals surface area (Å²) < 4.78 is 26.3. The molecule has 2 aliphatic heterocycles. The minimum absolute atomic E-state index is 0.141. The van der Waals surface area contributed by atoms with E-state index >= 15 is 0 Å². The van der Waals surface area contributed by atoms with Crippen LogP contribution in [0.4, 0.5) is 0 Å². The lowest BCUT2D eigenvalue weighted by Gasteiger charge is -2.26. The van der Waals surface area contributed by atoms with Crippen LogP contribution in [0.5, 0.6) is 11.5 Å². The number of amides is 1. The standard InChI is InChI=1S/C19H23NO8/c1-2-25-16-11-13(18(22)28-15-5-8-26-19(15)23)3-4-14(16)27-12-17(21)20-6-9-24-10-7-20/h3-4,11,15H,2,5-10,12H2,1H3/t15-/m1/s1. The second-order valence-electron chi connectivity index (χ2n) is 6.23. The number of morpholine rings is 1. The Labute approximate surface area is 162 Å². The van der Waals surface area contributed by atoms with Gasteiger partial charge in [-0.05, 0) is 25.1 Å². The first-order chi connectivity index (χ1) is 13.6. The van der Waals surface area contributed by atoms with Crippen LogP contribution in [0.25, 0.3) is 0 Å². The van der Waals surface area contributed by atoms with Crippen molar-refractivity contribution < 1.29 is 38.1 Å². The molecule has 1 atom stereocenters. The van der Waals surface area contributed by atoms with Gasteiger partial charge in [-0.3, -0.25) is 4.79 Å². The molecule has 0 N–H and O–H groups in total. The van der Waals surface area contributed by atoms with Gasteiger partial charge in [-0.15, -0.1) is 0 Å². The number of rotatable bonds is 7. The summed E-state index contributed by atoms with van der Waals surface area (Å²) in [6.45, 7) is 4.35. The zero-order valence-electron chi connectivity index (χ0n) is 15.7. The van der Waals surface area contributed by atoms with E-state index < -0.39 is 18.0 Å². The molecule has 9 nitrogen and oxygen atoms in total. The van der Waals surface area contributed by atoms with Gasteiger partial charge in [0.2, 0.25) is 6.10 Å². The molecule has 28 heavy (non-hydrogen) atoms. The number of carbonyl (C=O) groups is 3. The molecule has 2 aliphatic rings. The van der Waals surface area contributed by atoms with Gasteiger partial charge in [0, 0.05) is 19.5 Å². The van der Waals surface area contributed by atoms with Gasteiger partial charge in [0.15, 0.2) is 18.1 Å². The lowest BCUT2D eigenvalue weighted by molar-refractivity contribution is -0.145. The van der Waals surface area contributed by atoms with Crippen LogP contribution in [0.2, 0.25) is 0 Å². The molecule has 1 amide bonds. The zero-order chi connectivity index (χ0) is 19.9. The van der Waals surface area contributed by atoms with E-state index in [1.54, 1.807) is 17.9 Å². The molecule has 2 fully saturated rings. The van der Waals surface area contributed by atoms with Crippen molar-refractivity contribution in [1.29, 1.82) is 0 Å². The fourth-order valence-corrected chi connectivity index (χ4v) is 2.85. The fourth-order valence-electron chi connectivity index (χ4n) is 2.85. The molecular formula is C19H23NO8. The lowest BCUT2D eigenvalue weighted by Crippen LogP contribution is -2.43. The Balaban J connectivity index is 1.63. The molecule has 9 heteroatoms. The van der Waals surface area contributed by atoms with Crippen LogP contribution < -0.4 is 9.47 Å². The topological polar surface area (TPSA) is 101 Å². The number of esters is 2. The van der Waals surface area contributed by atoms with Gasteiger partial charge < -0.3 is 28.6 Å². The summed E-state index contributed by atoms with van der Waals surface area (Å²) in [7, 11) is 0. The zero-order valence-corrected chi connectivity index (χ0v) is 15.7. The monoisotopic (exact) mass is 393 g/mol. The predicted octanol–water partition coefficient (Wildman–Crippen LogP) is 0.795. The van der Waals surface area contributed by atoms with Gasteiger partial charge in [-0.25, -0.2) is 9.59 Å². The first-order valence-corrected chi connectivity index (χ1v) is 9.21. The number of ether oxygens (including phenoxy) is 5. The van der Waals surface area contributed by atoms with Gasteiger partial charge in [0.05, 0.1) is 32.0 Å². The van der Waals surface area contributed by atoms with Crippen LogP contribution in [0, 0.1) is 0 Å². The Kier molecular flexibility index (Phi) is 6.70. The third-order valence-corrected chi connectivity index (χ3v) is 4.33. The largest absolute Gasteiger partial charge is 0.490 e. The summed E-state index contributed by atoms with van der Waals surface area (Å²) in [4.78, 5) is 37.6. The summed E-state index contributed by atoms with van der Waals surface area (Å²) in [5, 5.41) is 0. The highest BCUT2D eigenvalue weighted by Gasteiger charge is 2.30. The highest BCUT2D eigenvalue weighted by Crippen LogP contribution is 2.29. The number of hydrogen-bond donors (Lipinski definition) is 0. The molecule has 1 aromatic carbocycles. The van der Waals surface area contributed by atoms with Crippen molar-refractivity contribution >= 4 is 17.8 Å². The van der Waals surface area contributed by atoms with E-state index in [9.17, 15) is 14.4 Å². The summed E-state index contributed by atoms with van der Waals surface area (Å²) in [5.41, 5.74) is 0.218. The Morgan fingerprint density at radius 2 is 1.93 bits per heavy atom. The summed E-state index contributed by atoms with van der Waals surface area (Å²) in [6.07, 6.45) is -0.543. The Morgan fingerprint density at radius 1 is 1.14 bits per heavy atom. The van der Waals surface area contributed by atoms with Crippen molar-refractivity contribution in [3.63, 3.8) is 0 Å². The molecule has 152 valence electrons. The Morgan fingerprint density at radius 3 is 2.61 bits per heavy atom. The Bertz CT molecular complexity index is 729. The van der Waals surface area contributed by atoms with Crippen molar-refractivity contribution in [3.05, 3.63) is 23.8 Å². The van der Waals surface area contributed by atoms with E-state index in [-0.39, 0.29) is 24.7 Å². The third kappa shape index (κ3) is 4.92. The van der Waals surface area contributed by atoms with Crippen LogP contribution >= 0.6 is 0 Å². The SMILES string of the molecule is CCOc1cc(C(=O)O[C@@H]2CCOC2=O)ccc1OCC(=O)N1CCOCC1. The van der Waals surface area contributed by atoms with Crippen LogP contribution in [0.15, 0.2) is 18.2 Å². The number of carbonyl (C=O) groups excluding carboxylic acids is 3. The molecule has 0 bridgehead atoms. The minimum Gasteiger partial charge on any atom is -0.490 e. The third-order valence-electron chi connectivity index (χ3n) is 4.33. The molecule has 3 rings (SSSR count). The highest BCUT2D eigenvalue weighted by molar-refractivity contribution is 5.92. The first-order valence-electron chi connectivity index (χ1n) is 9.21. The normalized spacial score (nSPS) is 19.1. The van der Waals surface area contributed by atoms with Gasteiger partial charge in [-0.2, -0.15) is 0 Å². The van der Waals surface area contributed by atoms with Crippen LogP contribution in [-0.4, -0.2) is 75.0 Å². The highest BCUT2D eigenvalue weighted by atomic mass is 16.6. The first kappa shape index (κ1) is 19.9. The molecule has 0 saturated carbocycles. The minimum atomic E-state index is -0.884. The van der Waals surface area contributed by atoms with E-state index in [0.717, 1.165) is 0 Å². The summed E-state index contributed by atoms with van der Waals surface area (Å²) in [6, 6.07) is 4.52. The number of benzene rings is 1. The maximum absolute atomic E-state index is 12.3. The maximum Gasteiger partial charge on any atom is 0.347 e. The number of nitrogens with zero attached hydrogens (tertiary/aromatic N) is 1. The van der Waals surface area contributed by atoms with E-state index in [4.69, 9.17) is 23.7 Å². The second kappa shape index (κ2) is 9.41. The van der Waals surface area contributed by atoms with E-state index in [0.29, 0.717) is 50.8 Å². The van der Waals surface area contributed by atoms with Crippen molar-refractivity contribution in [2.45, 2.75) is 19.4 Å². The second-order valence-corrected chi connectivity index (χ2v) is 6.23. The molecule has 0 radical (unpaired) electrons. The molecule has 2 heterocycles. The number of cyclic esters (lactones) is 1. The van der Waals surface area contributed by atoms with Gasteiger partial charge in [-0.1, -0.05) is 0 Å². The molecule has 2 saturated heterocycles. The fraction of sp³-hybridized carbons (Fsp3) is 0.526. The van der Waals surface area contributed by atoms with Gasteiger partial charge in [0.25, 0.3) is 5.91 Å². The van der Waals surface area contributed by atoms with Crippen LogP contribution in [0.3, 0.4) is 0 Å². The summed E-state index contributed by atoms with van der Waals surface area (Å²) >= 11 is 0.